The predicted molar refractivity (Wildman–Crippen MR) is 107 cm³/mol. The summed E-state index contributed by atoms with van der Waals surface area (Å²) in [6, 6.07) is 10.1. The van der Waals surface area contributed by atoms with Gasteiger partial charge < -0.3 is 10.1 Å². The van der Waals surface area contributed by atoms with Crippen LogP contribution in [-0.4, -0.2) is 31.1 Å². The van der Waals surface area contributed by atoms with Crippen molar-refractivity contribution in [3.63, 3.8) is 0 Å². The molecule has 0 aliphatic rings. The third-order valence-corrected chi connectivity index (χ3v) is 5.18. The first-order chi connectivity index (χ1) is 13.7. The number of methoxy groups -OCH3 is 1. The summed E-state index contributed by atoms with van der Waals surface area (Å²) in [7, 11) is 1.55. The van der Waals surface area contributed by atoms with Crippen LogP contribution < -0.4 is 10.1 Å². The molecule has 0 saturated carbocycles. The molecule has 2 aromatic carbocycles. The Labute approximate surface area is 171 Å². The number of ketones is 1. The number of Topliss-reactive ketones (excluding diaryl/α,β-unsaturated/α-hetero) is 1. The minimum absolute atomic E-state index is 0.0417. The fourth-order valence-corrected chi connectivity index (χ4v) is 3.46. The molecule has 0 spiro atoms. The minimum Gasteiger partial charge on any atom is -0.496 e. The highest BCUT2D eigenvalue weighted by Gasteiger charge is 2.29. The second-order valence-electron chi connectivity index (χ2n) is 6.37. The Kier molecular flexibility index (Phi) is 8.13. The van der Waals surface area contributed by atoms with Gasteiger partial charge in [0, 0.05) is 23.4 Å². The van der Waals surface area contributed by atoms with E-state index >= 15 is 0 Å². The second-order valence-corrected chi connectivity index (χ2v) is 7.36. The van der Waals surface area contributed by atoms with Crippen molar-refractivity contribution >= 4 is 23.5 Å². The molecular weight excluding hydrogens is 403 g/mol. The van der Waals surface area contributed by atoms with Gasteiger partial charge in [-0.25, -0.2) is 0 Å². The highest BCUT2D eigenvalue weighted by molar-refractivity contribution is 7.99. The summed E-state index contributed by atoms with van der Waals surface area (Å²) < 4.78 is 42.9. The van der Waals surface area contributed by atoms with Crippen LogP contribution in [0.25, 0.3) is 0 Å². The van der Waals surface area contributed by atoms with Gasteiger partial charge in [0.25, 0.3) is 0 Å². The first-order valence-electron chi connectivity index (χ1n) is 8.89. The second kappa shape index (κ2) is 10.3. The van der Waals surface area contributed by atoms with Crippen LogP contribution in [0.5, 0.6) is 5.75 Å². The van der Waals surface area contributed by atoms with E-state index in [9.17, 15) is 22.8 Å². The fourth-order valence-electron chi connectivity index (χ4n) is 2.62. The number of amides is 1. The summed E-state index contributed by atoms with van der Waals surface area (Å²) in [5.41, 5.74) is 1.45. The van der Waals surface area contributed by atoms with Gasteiger partial charge in [0.1, 0.15) is 5.75 Å². The zero-order valence-corrected chi connectivity index (χ0v) is 17.0. The quantitative estimate of drug-likeness (QED) is 0.601. The smallest absolute Gasteiger partial charge is 0.416 e. The van der Waals surface area contributed by atoms with E-state index in [-0.39, 0.29) is 17.4 Å². The van der Waals surface area contributed by atoms with Gasteiger partial charge in [0.15, 0.2) is 5.78 Å². The highest BCUT2D eigenvalue weighted by atomic mass is 32.2. The number of rotatable bonds is 9. The number of hydrogen-bond acceptors (Lipinski definition) is 4. The van der Waals surface area contributed by atoms with Crippen molar-refractivity contribution in [2.75, 3.05) is 19.4 Å². The Morgan fingerprint density at radius 1 is 1.10 bits per heavy atom. The lowest BCUT2D eigenvalue weighted by atomic mass is 10.1. The SMILES string of the molecule is COc1ccc(C(C)=O)cc1CSCC(=O)NCCc1ccc(C(F)(F)F)cc1. The zero-order chi connectivity index (χ0) is 21.4. The van der Waals surface area contributed by atoms with Crippen molar-refractivity contribution in [1.82, 2.24) is 5.32 Å². The molecule has 4 nitrogen and oxygen atoms in total. The van der Waals surface area contributed by atoms with Gasteiger partial charge in [-0.1, -0.05) is 12.1 Å². The third-order valence-electron chi connectivity index (χ3n) is 4.19. The summed E-state index contributed by atoms with van der Waals surface area (Å²) in [6.45, 7) is 1.83. The molecule has 0 fully saturated rings. The van der Waals surface area contributed by atoms with Crippen LogP contribution in [0.3, 0.4) is 0 Å². The van der Waals surface area contributed by atoms with Crippen molar-refractivity contribution in [2.45, 2.75) is 25.3 Å². The van der Waals surface area contributed by atoms with Gasteiger partial charge >= 0.3 is 6.18 Å². The molecule has 0 bridgehead atoms. The van der Waals surface area contributed by atoms with Gasteiger partial charge in [-0.15, -0.1) is 11.8 Å². The van der Waals surface area contributed by atoms with Gasteiger partial charge in [0.05, 0.1) is 18.4 Å². The van der Waals surface area contributed by atoms with E-state index in [4.69, 9.17) is 4.74 Å². The molecule has 0 radical (unpaired) electrons. The van der Waals surface area contributed by atoms with Crippen LogP contribution in [0.4, 0.5) is 13.2 Å². The standard InChI is InChI=1S/C21H22F3NO3S/c1-14(26)16-5-8-19(28-2)17(11-16)12-29-13-20(27)25-10-9-15-3-6-18(7-4-15)21(22,23)24/h3-8,11H,9-10,12-13H2,1-2H3,(H,25,27). The number of carbonyl (C=O) groups is 2. The van der Waals surface area contributed by atoms with Crippen LogP contribution in [0.1, 0.15) is 34.0 Å². The van der Waals surface area contributed by atoms with Gasteiger partial charge in [0.2, 0.25) is 5.91 Å². The molecule has 2 aromatic rings. The van der Waals surface area contributed by atoms with E-state index in [1.807, 2.05) is 0 Å². The molecule has 1 N–H and O–H groups in total. The van der Waals surface area contributed by atoms with Gasteiger partial charge in [-0.3, -0.25) is 9.59 Å². The Balaban J connectivity index is 1.76. The third kappa shape index (κ3) is 7.12. The molecule has 8 heteroatoms. The average Bonchev–Trinajstić information content (AvgIpc) is 2.67. The van der Waals surface area contributed by atoms with Crippen LogP contribution in [0.15, 0.2) is 42.5 Å². The van der Waals surface area contributed by atoms with Crippen molar-refractivity contribution < 1.29 is 27.5 Å². The highest BCUT2D eigenvalue weighted by Crippen LogP contribution is 2.29. The fraction of sp³-hybridized carbons (Fsp3) is 0.333. The molecule has 156 valence electrons. The van der Waals surface area contributed by atoms with Crippen molar-refractivity contribution in [3.05, 3.63) is 64.7 Å². The lowest BCUT2D eigenvalue weighted by Gasteiger charge is -2.10. The largest absolute Gasteiger partial charge is 0.496 e. The number of alkyl halides is 3. The van der Waals surface area contributed by atoms with E-state index in [0.29, 0.717) is 30.0 Å². The molecule has 29 heavy (non-hydrogen) atoms. The Morgan fingerprint density at radius 3 is 2.38 bits per heavy atom. The van der Waals surface area contributed by atoms with Crippen LogP contribution >= 0.6 is 11.8 Å². The Bertz CT molecular complexity index is 851. The van der Waals surface area contributed by atoms with Crippen LogP contribution in [0, 0.1) is 0 Å². The van der Waals surface area contributed by atoms with E-state index in [1.54, 1.807) is 25.3 Å². The van der Waals surface area contributed by atoms with E-state index in [2.05, 4.69) is 5.32 Å². The van der Waals surface area contributed by atoms with Gasteiger partial charge in [-0.2, -0.15) is 13.2 Å². The first kappa shape index (κ1) is 22.8. The molecule has 2 rings (SSSR count). The molecule has 0 atom stereocenters. The lowest BCUT2D eigenvalue weighted by Crippen LogP contribution is -2.27. The maximum Gasteiger partial charge on any atom is 0.416 e. The van der Waals surface area contributed by atoms with E-state index in [1.165, 1.54) is 30.8 Å². The number of carbonyl (C=O) groups excluding carboxylic acids is 2. The number of benzene rings is 2. The molecule has 0 aliphatic heterocycles. The molecule has 0 aliphatic carbocycles. The average molecular weight is 425 g/mol. The number of ether oxygens (including phenoxy) is 1. The number of halogens is 3. The van der Waals surface area contributed by atoms with Crippen molar-refractivity contribution in [1.29, 1.82) is 0 Å². The molecule has 0 aromatic heterocycles. The summed E-state index contributed by atoms with van der Waals surface area (Å²) in [4.78, 5) is 23.5. The number of nitrogens with one attached hydrogen (secondary N) is 1. The van der Waals surface area contributed by atoms with Crippen molar-refractivity contribution in [2.24, 2.45) is 0 Å². The summed E-state index contributed by atoms with van der Waals surface area (Å²) in [6.07, 6.45) is -3.90. The van der Waals surface area contributed by atoms with Gasteiger partial charge in [-0.05, 0) is 49.2 Å². The predicted octanol–water partition coefficient (Wildman–Crippen LogP) is 4.51. The zero-order valence-electron chi connectivity index (χ0n) is 16.1. The Hall–Kier alpha value is -2.48. The molecular formula is C21H22F3NO3S. The van der Waals surface area contributed by atoms with E-state index in [0.717, 1.165) is 23.3 Å². The molecule has 0 saturated heterocycles. The van der Waals surface area contributed by atoms with Crippen LogP contribution in [-0.2, 0) is 23.1 Å². The maximum absolute atomic E-state index is 12.5. The number of thioether (sulfide) groups is 1. The monoisotopic (exact) mass is 425 g/mol. The lowest BCUT2D eigenvalue weighted by molar-refractivity contribution is -0.137. The van der Waals surface area contributed by atoms with Crippen LogP contribution in [0.2, 0.25) is 0 Å². The summed E-state index contributed by atoms with van der Waals surface area (Å²) in [5.74, 6) is 1.19. The summed E-state index contributed by atoms with van der Waals surface area (Å²) in [5, 5.41) is 2.75. The molecule has 0 heterocycles. The molecule has 0 unspecified atom stereocenters. The maximum atomic E-state index is 12.5. The van der Waals surface area contributed by atoms with Crippen molar-refractivity contribution in [3.8, 4) is 5.75 Å². The summed E-state index contributed by atoms with van der Waals surface area (Å²) >= 11 is 1.39. The normalized spacial score (nSPS) is 11.2. The number of hydrogen-bond donors (Lipinski definition) is 1. The molecule has 1 amide bonds. The topological polar surface area (TPSA) is 55.4 Å². The first-order valence-corrected chi connectivity index (χ1v) is 10.0. The minimum atomic E-state index is -4.35. The van der Waals surface area contributed by atoms with E-state index < -0.39 is 11.7 Å². The Morgan fingerprint density at radius 2 is 1.79 bits per heavy atom.